The van der Waals surface area contributed by atoms with Gasteiger partial charge >= 0.3 is 0 Å². The van der Waals surface area contributed by atoms with Crippen LogP contribution in [0, 0.1) is 5.41 Å². The first-order valence-corrected chi connectivity index (χ1v) is 9.89. The van der Waals surface area contributed by atoms with Crippen molar-refractivity contribution in [3.05, 3.63) is 34.9 Å². The molecule has 8 heteroatoms. The molecule has 0 aliphatic carbocycles. The fourth-order valence-electron chi connectivity index (χ4n) is 2.87. The summed E-state index contributed by atoms with van der Waals surface area (Å²) < 4.78 is 0. The van der Waals surface area contributed by atoms with E-state index in [0.29, 0.717) is 31.1 Å². The minimum absolute atomic E-state index is 0. The summed E-state index contributed by atoms with van der Waals surface area (Å²) in [5.74, 6) is 0.973. The van der Waals surface area contributed by atoms with Gasteiger partial charge in [-0.05, 0) is 24.6 Å². The molecule has 1 aromatic rings. The Morgan fingerprint density at radius 1 is 1.25 bits per heavy atom. The van der Waals surface area contributed by atoms with Crippen LogP contribution >= 0.6 is 35.6 Å². The smallest absolute Gasteiger partial charge is 0.227 e. The molecule has 0 bridgehead atoms. The van der Waals surface area contributed by atoms with Crippen molar-refractivity contribution in [2.24, 2.45) is 10.4 Å². The molecule has 1 aliphatic heterocycles. The highest BCUT2D eigenvalue weighted by Crippen LogP contribution is 2.15. The zero-order chi connectivity index (χ0) is 19.9. The average molecular weight is 523 g/mol. The molecule has 2 rings (SSSR count). The topological polar surface area (TPSA) is 68.2 Å². The normalized spacial score (nSPS) is 15.2. The Morgan fingerprint density at radius 3 is 2.46 bits per heavy atom. The zero-order valence-corrected chi connectivity index (χ0v) is 20.0. The van der Waals surface area contributed by atoms with Crippen LogP contribution in [0.25, 0.3) is 0 Å². The summed E-state index contributed by atoms with van der Waals surface area (Å²) in [6, 6.07) is 7.46. The van der Waals surface area contributed by atoms with Crippen molar-refractivity contribution in [2.75, 3.05) is 45.9 Å². The maximum Gasteiger partial charge on any atom is 0.227 e. The third kappa shape index (κ3) is 7.75. The molecule has 1 amide bonds. The van der Waals surface area contributed by atoms with Crippen LogP contribution in [0.2, 0.25) is 5.02 Å². The van der Waals surface area contributed by atoms with E-state index in [0.717, 1.165) is 31.2 Å². The highest BCUT2D eigenvalue weighted by atomic mass is 127. The molecular formula is C20H32ClIN4O2. The van der Waals surface area contributed by atoms with Crippen LogP contribution in [0.5, 0.6) is 0 Å². The third-order valence-electron chi connectivity index (χ3n) is 4.60. The number of piperazine rings is 1. The van der Waals surface area contributed by atoms with E-state index in [-0.39, 0.29) is 41.9 Å². The lowest BCUT2D eigenvalue weighted by Gasteiger charge is -2.37. The van der Waals surface area contributed by atoms with Crippen molar-refractivity contribution in [2.45, 2.75) is 27.2 Å². The maximum atomic E-state index is 12.6. The second kappa shape index (κ2) is 11.8. The van der Waals surface area contributed by atoms with Crippen molar-refractivity contribution in [1.82, 2.24) is 15.1 Å². The van der Waals surface area contributed by atoms with E-state index in [1.54, 1.807) is 0 Å². The second-order valence-corrected chi connectivity index (χ2v) is 8.10. The third-order valence-corrected chi connectivity index (χ3v) is 4.83. The zero-order valence-electron chi connectivity index (χ0n) is 16.9. The quantitative estimate of drug-likeness (QED) is 0.342. The number of aliphatic hydroxyl groups excluding tert-OH is 1. The molecule has 6 nitrogen and oxygen atoms in total. The number of carbonyl (C=O) groups is 1. The van der Waals surface area contributed by atoms with E-state index in [1.807, 2.05) is 49.9 Å². The number of hydrogen-bond acceptors (Lipinski definition) is 3. The predicted molar refractivity (Wildman–Crippen MR) is 126 cm³/mol. The number of amides is 1. The summed E-state index contributed by atoms with van der Waals surface area (Å²) in [5.41, 5.74) is 0.700. The van der Waals surface area contributed by atoms with Crippen molar-refractivity contribution < 1.29 is 9.90 Å². The molecule has 0 spiro atoms. The van der Waals surface area contributed by atoms with Gasteiger partial charge in [0.05, 0.1) is 13.0 Å². The Labute approximate surface area is 190 Å². The maximum absolute atomic E-state index is 12.6. The van der Waals surface area contributed by atoms with Crippen molar-refractivity contribution in [1.29, 1.82) is 0 Å². The van der Waals surface area contributed by atoms with E-state index >= 15 is 0 Å². The largest absolute Gasteiger partial charge is 0.396 e. The van der Waals surface area contributed by atoms with Crippen LogP contribution < -0.4 is 5.32 Å². The van der Waals surface area contributed by atoms with Gasteiger partial charge in [-0.25, -0.2) is 0 Å². The minimum atomic E-state index is -0.241. The minimum Gasteiger partial charge on any atom is -0.396 e. The first-order valence-electron chi connectivity index (χ1n) is 9.51. The molecule has 1 saturated heterocycles. The molecule has 2 N–H and O–H groups in total. The predicted octanol–water partition coefficient (Wildman–Crippen LogP) is 2.63. The Kier molecular flexibility index (Phi) is 10.5. The number of carbonyl (C=O) groups excluding carboxylic acids is 1. The lowest BCUT2D eigenvalue weighted by atomic mass is 9.95. The Balaban J connectivity index is 0.00000392. The van der Waals surface area contributed by atoms with Crippen molar-refractivity contribution in [3.63, 3.8) is 0 Å². The number of aliphatic imine (C=N–C) groups is 1. The molecule has 1 heterocycles. The molecule has 28 heavy (non-hydrogen) atoms. The molecule has 0 aromatic heterocycles. The monoisotopic (exact) mass is 522 g/mol. The molecule has 0 unspecified atom stereocenters. The van der Waals surface area contributed by atoms with Gasteiger partial charge in [-0.1, -0.05) is 37.6 Å². The summed E-state index contributed by atoms with van der Waals surface area (Å²) in [7, 11) is 0. The molecule has 0 radical (unpaired) electrons. The number of guanidine groups is 1. The van der Waals surface area contributed by atoms with Gasteiger partial charge in [0, 0.05) is 49.8 Å². The van der Waals surface area contributed by atoms with Crippen LogP contribution in [-0.4, -0.2) is 72.6 Å². The van der Waals surface area contributed by atoms with Crippen LogP contribution in [-0.2, 0) is 11.2 Å². The van der Waals surface area contributed by atoms with Crippen LogP contribution in [0.1, 0.15) is 26.3 Å². The number of nitrogens with one attached hydrogen (secondary N) is 1. The van der Waals surface area contributed by atoms with Gasteiger partial charge in [-0.2, -0.15) is 0 Å². The van der Waals surface area contributed by atoms with Gasteiger partial charge in [-0.15, -0.1) is 24.0 Å². The second-order valence-electron chi connectivity index (χ2n) is 7.67. The Hall–Kier alpha value is -1.06. The summed E-state index contributed by atoms with van der Waals surface area (Å²) in [6.07, 6.45) is 0.374. The number of rotatable bonds is 6. The van der Waals surface area contributed by atoms with Crippen LogP contribution in [0.15, 0.2) is 29.3 Å². The highest BCUT2D eigenvalue weighted by molar-refractivity contribution is 14.0. The van der Waals surface area contributed by atoms with Gasteiger partial charge in [0.15, 0.2) is 5.96 Å². The van der Waals surface area contributed by atoms with Gasteiger partial charge in [0.1, 0.15) is 0 Å². The van der Waals surface area contributed by atoms with Crippen molar-refractivity contribution >= 4 is 47.4 Å². The van der Waals surface area contributed by atoms with E-state index < -0.39 is 0 Å². The molecule has 1 fully saturated rings. The standard InChI is InChI=1S/C20H31ClN4O2.HI/c1-4-22-19(23-14-20(2,3)15-26)25-10-8-24(9-11-25)18(27)13-16-6-5-7-17(21)12-16;/h5-7,12,26H,4,8-11,13-15H2,1-3H3,(H,22,23);1H. The summed E-state index contributed by atoms with van der Waals surface area (Å²) in [4.78, 5) is 21.3. The van der Waals surface area contributed by atoms with Crippen LogP contribution in [0.3, 0.4) is 0 Å². The molecule has 1 aliphatic rings. The Morgan fingerprint density at radius 2 is 1.89 bits per heavy atom. The van der Waals surface area contributed by atoms with Gasteiger partial charge in [-0.3, -0.25) is 9.79 Å². The number of aliphatic hydroxyl groups is 1. The number of nitrogens with zero attached hydrogens (tertiary/aromatic N) is 3. The number of hydrogen-bond donors (Lipinski definition) is 2. The molecule has 0 saturated carbocycles. The lowest BCUT2D eigenvalue weighted by Crippen LogP contribution is -2.54. The summed E-state index contributed by atoms with van der Waals surface area (Å²) >= 11 is 6.00. The summed E-state index contributed by atoms with van der Waals surface area (Å²) in [5, 5.41) is 13.4. The summed E-state index contributed by atoms with van der Waals surface area (Å²) in [6.45, 7) is 10.3. The van der Waals surface area contributed by atoms with Gasteiger partial charge < -0.3 is 20.2 Å². The highest BCUT2D eigenvalue weighted by Gasteiger charge is 2.24. The molecule has 0 atom stereocenters. The van der Waals surface area contributed by atoms with Gasteiger partial charge in [0.25, 0.3) is 0 Å². The van der Waals surface area contributed by atoms with Crippen molar-refractivity contribution in [3.8, 4) is 0 Å². The number of benzene rings is 1. The number of halogens is 2. The molecule has 158 valence electrons. The van der Waals surface area contributed by atoms with E-state index in [4.69, 9.17) is 11.6 Å². The lowest BCUT2D eigenvalue weighted by molar-refractivity contribution is -0.131. The Bertz CT molecular complexity index is 661. The fourth-order valence-corrected chi connectivity index (χ4v) is 3.08. The van der Waals surface area contributed by atoms with Gasteiger partial charge in [0.2, 0.25) is 5.91 Å². The van der Waals surface area contributed by atoms with Crippen LogP contribution in [0.4, 0.5) is 0 Å². The first-order chi connectivity index (χ1) is 12.8. The average Bonchev–Trinajstić information content (AvgIpc) is 2.65. The first kappa shape index (κ1) is 25.0. The SMILES string of the molecule is CCNC(=NCC(C)(C)CO)N1CCN(C(=O)Cc2cccc(Cl)c2)CC1.I. The van der Waals surface area contributed by atoms with E-state index in [9.17, 15) is 9.90 Å². The van der Waals surface area contributed by atoms with E-state index in [2.05, 4.69) is 15.2 Å². The fraction of sp³-hybridized carbons (Fsp3) is 0.600. The molecular weight excluding hydrogens is 491 g/mol. The van der Waals surface area contributed by atoms with E-state index in [1.165, 1.54) is 0 Å². The molecule has 1 aromatic carbocycles.